The third kappa shape index (κ3) is 4.48. The average Bonchev–Trinajstić information content (AvgIpc) is 2.70. The van der Waals surface area contributed by atoms with Gasteiger partial charge in [-0.05, 0) is 53.1 Å². The first-order valence-electron chi connectivity index (χ1n) is 8.62. The summed E-state index contributed by atoms with van der Waals surface area (Å²) >= 11 is 0. The molecule has 0 heterocycles. The molecular weight excluding hydrogens is 356 g/mol. The fraction of sp³-hybridized carbons (Fsp3) is 0.0909. The van der Waals surface area contributed by atoms with E-state index in [1.54, 1.807) is 55.6 Å². The molecule has 3 aromatic carbocycles. The standard InChI is InChI=1S/C22H20N2O4/c1-28-18-9-6-16(7-10-18)22(27)24-20-13-17(8-11-19(20)23)15-4-2-14(3-5-15)12-21(25)26/h2-11,13H,12,23H2,1H3,(H,24,27)(H,25,26). The molecule has 0 aliphatic rings. The zero-order valence-corrected chi connectivity index (χ0v) is 15.3. The Morgan fingerprint density at radius 3 is 2.21 bits per heavy atom. The molecule has 1 amide bonds. The van der Waals surface area contributed by atoms with E-state index in [9.17, 15) is 9.59 Å². The van der Waals surface area contributed by atoms with E-state index in [2.05, 4.69) is 5.32 Å². The lowest BCUT2D eigenvalue weighted by Gasteiger charge is -2.11. The summed E-state index contributed by atoms with van der Waals surface area (Å²) in [6, 6.07) is 19.4. The Kier molecular flexibility index (Phi) is 5.60. The maximum absolute atomic E-state index is 12.5. The summed E-state index contributed by atoms with van der Waals surface area (Å²) in [6.07, 6.45) is -0.0226. The number of hydrogen-bond donors (Lipinski definition) is 3. The molecular formula is C22H20N2O4. The highest BCUT2D eigenvalue weighted by Crippen LogP contribution is 2.28. The first-order chi connectivity index (χ1) is 13.5. The monoisotopic (exact) mass is 376 g/mol. The number of aliphatic carboxylic acids is 1. The summed E-state index contributed by atoms with van der Waals surface area (Å²) in [4.78, 5) is 23.3. The first-order valence-corrected chi connectivity index (χ1v) is 8.62. The van der Waals surface area contributed by atoms with Crippen LogP contribution in [0.15, 0.2) is 66.7 Å². The SMILES string of the molecule is COc1ccc(C(=O)Nc2cc(-c3ccc(CC(=O)O)cc3)ccc2N)cc1. The van der Waals surface area contributed by atoms with Crippen LogP contribution in [0.4, 0.5) is 11.4 Å². The van der Waals surface area contributed by atoms with Crippen LogP contribution in [0.25, 0.3) is 11.1 Å². The van der Waals surface area contributed by atoms with Gasteiger partial charge < -0.3 is 20.9 Å². The van der Waals surface area contributed by atoms with Gasteiger partial charge in [-0.15, -0.1) is 0 Å². The summed E-state index contributed by atoms with van der Waals surface area (Å²) in [7, 11) is 1.56. The van der Waals surface area contributed by atoms with E-state index in [-0.39, 0.29) is 12.3 Å². The van der Waals surface area contributed by atoms with Crippen LogP contribution in [0.5, 0.6) is 5.75 Å². The fourth-order valence-corrected chi connectivity index (χ4v) is 2.77. The second-order valence-corrected chi connectivity index (χ2v) is 6.25. The molecule has 0 unspecified atom stereocenters. The molecule has 0 aromatic heterocycles. The number of carbonyl (C=O) groups is 2. The molecule has 0 atom stereocenters. The van der Waals surface area contributed by atoms with Gasteiger partial charge in [0.05, 0.1) is 24.9 Å². The van der Waals surface area contributed by atoms with Crippen molar-refractivity contribution in [2.45, 2.75) is 6.42 Å². The van der Waals surface area contributed by atoms with Crippen LogP contribution in [0.2, 0.25) is 0 Å². The van der Waals surface area contributed by atoms with Crippen molar-refractivity contribution in [2.75, 3.05) is 18.2 Å². The minimum absolute atomic E-state index is 0.0226. The number of nitrogens with one attached hydrogen (secondary N) is 1. The van der Waals surface area contributed by atoms with Gasteiger partial charge in [-0.2, -0.15) is 0 Å². The van der Waals surface area contributed by atoms with E-state index in [1.165, 1.54) is 0 Å². The van der Waals surface area contributed by atoms with Gasteiger partial charge in [-0.25, -0.2) is 0 Å². The summed E-state index contributed by atoms with van der Waals surface area (Å²) < 4.78 is 5.10. The number of carbonyl (C=O) groups excluding carboxylic acids is 1. The minimum atomic E-state index is -0.872. The highest BCUT2D eigenvalue weighted by molar-refractivity contribution is 6.06. The summed E-state index contributed by atoms with van der Waals surface area (Å²) in [5.74, 6) is -0.475. The predicted molar refractivity (Wildman–Crippen MR) is 109 cm³/mol. The molecule has 28 heavy (non-hydrogen) atoms. The molecule has 3 rings (SSSR count). The van der Waals surface area contributed by atoms with E-state index >= 15 is 0 Å². The van der Waals surface area contributed by atoms with Gasteiger partial charge in [0.2, 0.25) is 0 Å². The molecule has 6 nitrogen and oxygen atoms in total. The summed E-state index contributed by atoms with van der Waals surface area (Å²) in [5, 5.41) is 11.7. The molecule has 0 saturated carbocycles. The van der Waals surface area contributed by atoms with E-state index in [1.807, 2.05) is 18.2 Å². The molecule has 0 aliphatic carbocycles. The molecule has 0 spiro atoms. The third-order valence-electron chi connectivity index (χ3n) is 4.30. The van der Waals surface area contributed by atoms with Gasteiger partial charge in [0, 0.05) is 5.56 Å². The lowest BCUT2D eigenvalue weighted by molar-refractivity contribution is -0.136. The molecule has 6 heteroatoms. The second kappa shape index (κ2) is 8.26. The lowest BCUT2D eigenvalue weighted by atomic mass is 10.0. The topological polar surface area (TPSA) is 102 Å². The lowest BCUT2D eigenvalue weighted by Crippen LogP contribution is -2.13. The van der Waals surface area contributed by atoms with E-state index < -0.39 is 5.97 Å². The Balaban J connectivity index is 1.80. The van der Waals surface area contributed by atoms with Gasteiger partial charge in [0.25, 0.3) is 5.91 Å². The van der Waals surface area contributed by atoms with Crippen molar-refractivity contribution >= 4 is 23.3 Å². The van der Waals surface area contributed by atoms with Crippen molar-refractivity contribution in [3.63, 3.8) is 0 Å². The maximum atomic E-state index is 12.5. The van der Waals surface area contributed by atoms with E-state index in [0.717, 1.165) is 16.7 Å². The van der Waals surface area contributed by atoms with Gasteiger partial charge in [0.1, 0.15) is 5.75 Å². The Morgan fingerprint density at radius 2 is 1.61 bits per heavy atom. The molecule has 3 aromatic rings. The maximum Gasteiger partial charge on any atom is 0.307 e. The predicted octanol–water partition coefficient (Wildman–Crippen LogP) is 3.82. The quantitative estimate of drug-likeness (QED) is 0.568. The van der Waals surface area contributed by atoms with Crippen LogP contribution >= 0.6 is 0 Å². The van der Waals surface area contributed by atoms with Crippen molar-refractivity contribution < 1.29 is 19.4 Å². The van der Waals surface area contributed by atoms with Gasteiger partial charge >= 0.3 is 5.97 Å². The number of carboxylic acids is 1. The first kappa shape index (κ1) is 19.0. The van der Waals surface area contributed by atoms with Crippen LogP contribution in [-0.2, 0) is 11.2 Å². The number of hydrogen-bond acceptors (Lipinski definition) is 4. The highest BCUT2D eigenvalue weighted by Gasteiger charge is 2.10. The number of anilines is 2. The molecule has 0 radical (unpaired) electrons. The van der Waals surface area contributed by atoms with Crippen LogP contribution in [0, 0.1) is 0 Å². The van der Waals surface area contributed by atoms with E-state index in [0.29, 0.717) is 22.7 Å². The Morgan fingerprint density at radius 1 is 0.964 bits per heavy atom. The molecule has 4 N–H and O–H groups in total. The summed E-state index contributed by atoms with van der Waals surface area (Å²) in [5.41, 5.74) is 9.95. The Hall–Kier alpha value is -3.80. The normalized spacial score (nSPS) is 10.3. The highest BCUT2D eigenvalue weighted by atomic mass is 16.5. The van der Waals surface area contributed by atoms with Crippen LogP contribution < -0.4 is 15.8 Å². The zero-order valence-electron chi connectivity index (χ0n) is 15.3. The van der Waals surface area contributed by atoms with Crippen molar-refractivity contribution in [1.29, 1.82) is 0 Å². The fourth-order valence-electron chi connectivity index (χ4n) is 2.77. The third-order valence-corrected chi connectivity index (χ3v) is 4.30. The van der Waals surface area contributed by atoms with Gasteiger partial charge in [-0.1, -0.05) is 30.3 Å². The van der Waals surface area contributed by atoms with Crippen molar-refractivity contribution in [1.82, 2.24) is 0 Å². The van der Waals surface area contributed by atoms with Crippen molar-refractivity contribution in [3.05, 3.63) is 77.9 Å². The number of benzene rings is 3. The number of nitrogens with two attached hydrogens (primary N) is 1. The average molecular weight is 376 g/mol. The molecule has 142 valence electrons. The molecule has 0 bridgehead atoms. The Labute approximate surface area is 162 Å². The number of rotatable bonds is 6. The second-order valence-electron chi connectivity index (χ2n) is 6.25. The molecule has 0 aliphatic heterocycles. The Bertz CT molecular complexity index is 996. The van der Waals surface area contributed by atoms with Crippen LogP contribution in [0.3, 0.4) is 0 Å². The van der Waals surface area contributed by atoms with Crippen molar-refractivity contribution in [2.24, 2.45) is 0 Å². The number of nitrogen functional groups attached to an aromatic ring is 1. The summed E-state index contributed by atoms with van der Waals surface area (Å²) in [6.45, 7) is 0. The zero-order chi connectivity index (χ0) is 20.1. The molecule has 0 fully saturated rings. The molecule has 0 saturated heterocycles. The number of carboxylic acid groups (broad SMARTS) is 1. The van der Waals surface area contributed by atoms with E-state index in [4.69, 9.17) is 15.6 Å². The van der Waals surface area contributed by atoms with Crippen LogP contribution in [0.1, 0.15) is 15.9 Å². The number of methoxy groups -OCH3 is 1. The van der Waals surface area contributed by atoms with Gasteiger partial charge in [0.15, 0.2) is 0 Å². The van der Waals surface area contributed by atoms with Crippen molar-refractivity contribution in [3.8, 4) is 16.9 Å². The van der Waals surface area contributed by atoms with Crippen LogP contribution in [-0.4, -0.2) is 24.1 Å². The van der Waals surface area contributed by atoms with Gasteiger partial charge in [-0.3, -0.25) is 9.59 Å². The number of amides is 1. The minimum Gasteiger partial charge on any atom is -0.497 e. The smallest absolute Gasteiger partial charge is 0.307 e. The number of ether oxygens (including phenoxy) is 1. The largest absolute Gasteiger partial charge is 0.497 e.